The maximum Gasteiger partial charge on any atom is 0.293 e. The van der Waals surface area contributed by atoms with Crippen molar-refractivity contribution in [2.45, 2.75) is 13.1 Å². The Balaban J connectivity index is 1.53. The smallest absolute Gasteiger partial charge is 0.293 e. The van der Waals surface area contributed by atoms with Gasteiger partial charge in [-0.15, -0.1) is 0 Å². The molecule has 0 spiro atoms. The van der Waals surface area contributed by atoms with Crippen LogP contribution in [0.5, 0.6) is 0 Å². The van der Waals surface area contributed by atoms with Gasteiger partial charge in [-0.05, 0) is 35.0 Å². The number of hydrogen-bond acceptors (Lipinski definition) is 4. The highest BCUT2D eigenvalue weighted by Gasteiger charge is 2.43. The van der Waals surface area contributed by atoms with Crippen LogP contribution in [0.15, 0.2) is 83.8 Å². The third-order valence-corrected chi connectivity index (χ3v) is 6.82. The second-order valence-corrected chi connectivity index (χ2v) is 8.82. The lowest BCUT2D eigenvalue weighted by Crippen LogP contribution is -2.29. The van der Waals surface area contributed by atoms with Gasteiger partial charge in [0, 0.05) is 10.6 Å². The van der Waals surface area contributed by atoms with Crippen LogP contribution in [0.2, 0.25) is 5.02 Å². The van der Waals surface area contributed by atoms with Gasteiger partial charge in [-0.3, -0.25) is 19.3 Å². The van der Waals surface area contributed by atoms with Crippen LogP contribution in [0.1, 0.15) is 16.7 Å². The molecule has 3 aromatic carbocycles. The first-order valence-electron chi connectivity index (χ1n) is 10.0. The zero-order valence-electron chi connectivity index (χ0n) is 16.8. The van der Waals surface area contributed by atoms with Crippen LogP contribution in [0.4, 0.5) is 10.5 Å². The Kier molecular flexibility index (Phi) is 5.33. The Bertz CT molecular complexity index is 1290. The van der Waals surface area contributed by atoms with Crippen molar-refractivity contribution >= 4 is 51.7 Å². The van der Waals surface area contributed by atoms with E-state index in [0.29, 0.717) is 16.3 Å². The molecule has 0 radical (unpaired) electrons. The van der Waals surface area contributed by atoms with Crippen molar-refractivity contribution in [1.82, 2.24) is 4.90 Å². The maximum absolute atomic E-state index is 13.5. The molecule has 3 amide bonds. The molecule has 2 heterocycles. The lowest BCUT2D eigenvalue weighted by molar-refractivity contribution is -0.123. The van der Waals surface area contributed by atoms with E-state index >= 15 is 0 Å². The van der Waals surface area contributed by atoms with Gasteiger partial charge < -0.3 is 4.90 Å². The fourth-order valence-electron chi connectivity index (χ4n) is 3.91. The predicted molar refractivity (Wildman–Crippen MR) is 126 cm³/mol. The molecule has 32 heavy (non-hydrogen) atoms. The zero-order chi connectivity index (χ0) is 22.2. The summed E-state index contributed by atoms with van der Waals surface area (Å²) in [7, 11) is 0. The molecule has 0 bridgehead atoms. The van der Waals surface area contributed by atoms with E-state index < -0.39 is 5.91 Å². The number of thioether (sulfide) groups is 1. The standard InChI is InChI=1S/C25H17ClN2O3S/c26-19-12-6-4-10-17(19)15-27-20-13-7-5-11-18(20)21(23(27)29)22-24(30)28(25(31)32-22)14-16-8-2-1-3-9-16/h1-13H,14-15H2/b22-21-. The van der Waals surface area contributed by atoms with E-state index in [9.17, 15) is 14.4 Å². The third-order valence-electron chi connectivity index (χ3n) is 5.47. The zero-order valence-corrected chi connectivity index (χ0v) is 18.4. The largest absolute Gasteiger partial charge is 0.303 e. The summed E-state index contributed by atoms with van der Waals surface area (Å²) in [5.74, 6) is -0.752. The van der Waals surface area contributed by atoms with Gasteiger partial charge in [0.1, 0.15) is 0 Å². The predicted octanol–water partition coefficient (Wildman–Crippen LogP) is 5.49. The normalized spacial score (nSPS) is 18.0. The second kappa shape index (κ2) is 8.30. The third kappa shape index (κ3) is 3.51. The van der Waals surface area contributed by atoms with Crippen LogP contribution >= 0.6 is 23.4 Å². The van der Waals surface area contributed by atoms with E-state index in [1.54, 1.807) is 17.0 Å². The molecule has 1 saturated heterocycles. The molecule has 0 saturated carbocycles. The highest BCUT2D eigenvalue weighted by molar-refractivity contribution is 8.18. The average molecular weight is 461 g/mol. The quantitative estimate of drug-likeness (QED) is 0.483. The molecule has 5 rings (SSSR count). The van der Waals surface area contributed by atoms with Crippen molar-refractivity contribution < 1.29 is 14.4 Å². The summed E-state index contributed by atoms with van der Waals surface area (Å²) in [6.45, 7) is 0.439. The van der Waals surface area contributed by atoms with Crippen LogP contribution in [-0.4, -0.2) is 22.0 Å². The number of anilines is 1. The van der Waals surface area contributed by atoms with Crippen LogP contribution in [0.3, 0.4) is 0 Å². The molecule has 158 valence electrons. The molecule has 0 aromatic heterocycles. The second-order valence-electron chi connectivity index (χ2n) is 7.45. The molecule has 3 aromatic rings. The molecule has 0 atom stereocenters. The van der Waals surface area contributed by atoms with Gasteiger partial charge in [0.25, 0.3) is 17.1 Å². The van der Waals surface area contributed by atoms with Gasteiger partial charge in [-0.25, -0.2) is 0 Å². The Morgan fingerprint density at radius 2 is 1.41 bits per heavy atom. The first-order valence-corrected chi connectivity index (χ1v) is 11.2. The monoisotopic (exact) mass is 460 g/mol. The molecular formula is C25H17ClN2O3S. The molecule has 2 aliphatic rings. The molecular weight excluding hydrogens is 444 g/mol. The number of halogens is 1. The number of carbonyl (C=O) groups excluding carboxylic acids is 3. The number of imide groups is 1. The van der Waals surface area contributed by atoms with Crippen molar-refractivity contribution in [3.05, 3.63) is 105 Å². The first-order chi connectivity index (χ1) is 15.5. The van der Waals surface area contributed by atoms with Crippen LogP contribution in [0.25, 0.3) is 5.57 Å². The Hall–Kier alpha value is -3.35. The fraction of sp³-hybridized carbons (Fsp3) is 0.0800. The van der Waals surface area contributed by atoms with Gasteiger partial charge in [-0.1, -0.05) is 78.3 Å². The molecule has 0 aliphatic carbocycles. The van der Waals surface area contributed by atoms with Crippen molar-refractivity contribution in [3.8, 4) is 0 Å². The molecule has 2 aliphatic heterocycles. The van der Waals surface area contributed by atoms with Gasteiger partial charge in [0.2, 0.25) is 0 Å². The first kappa shape index (κ1) is 20.5. The van der Waals surface area contributed by atoms with Crippen molar-refractivity contribution in [2.24, 2.45) is 0 Å². The summed E-state index contributed by atoms with van der Waals surface area (Å²) < 4.78 is 0. The topological polar surface area (TPSA) is 57.7 Å². The molecule has 1 fully saturated rings. The molecule has 0 N–H and O–H groups in total. The lowest BCUT2D eigenvalue weighted by Gasteiger charge is -2.18. The van der Waals surface area contributed by atoms with Crippen molar-refractivity contribution in [2.75, 3.05) is 4.90 Å². The molecule has 7 heteroatoms. The van der Waals surface area contributed by atoms with E-state index in [1.807, 2.05) is 66.7 Å². The number of rotatable bonds is 4. The highest BCUT2D eigenvalue weighted by Crippen LogP contribution is 2.45. The van der Waals surface area contributed by atoms with E-state index in [1.165, 1.54) is 4.90 Å². The van der Waals surface area contributed by atoms with Gasteiger partial charge in [-0.2, -0.15) is 0 Å². The van der Waals surface area contributed by atoms with Gasteiger partial charge >= 0.3 is 0 Å². The van der Waals surface area contributed by atoms with Crippen molar-refractivity contribution in [3.63, 3.8) is 0 Å². The number of nitrogens with zero attached hydrogens (tertiary/aromatic N) is 2. The average Bonchev–Trinajstić information content (AvgIpc) is 3.23. The van der Waals surface area contributed by atoms with Gasteiger partial charge in [0.05, 0.1) is 29.3 Å². The number of amides is 3. The Labute approximate surface area is 194 Å². The summed E-state index contributed by atoms with van der Waals surface area (Å²) in [6, 6.07) is 24.0. The van der Waals surface area contributed by atoms with E-state index in [0.717, 1.165) is 22.9 Å². The summed E-state index contributed by atoms with van der Waals surface area (Å²) in [5.41, 5.74) is 3.26. The number of benzene rings is 3. The van der Waals surface area contributed by atoms with E-state index in [-0.39, 0.29) is 34.7 Å². The number of fused-ring (bicyclic) bond motifs is 1. The fourth-order valence-corrected chi connectivity index (χ4v) is 5.03. The minimum absolute atomic E-state index is 0.168. The number of para-hydroxylation sites is 1. The lowest BCUT2D eigenvalue weighted by atomic mass is 10.1. The van der Waals surface area contributed by atoms with E-state index in [2.05, 4.69) is 0 Å². The maximum atomic E-state index is 13.5. The minimum Gasteiger partial charge on any atom is -0.303 e. The Morgan fingerprint density at radius 3 is 2.19 bits per heavy atom. The summed E-state index contributed by atoms with van der Waals surface area (Å²) in [5, 5.41) is 0.186. The van der Waals surface area contributed by atoms with Crippen LogP contribution in [0, 0.1) is 0 Å². The minimum atomic E-state index is -0.443. The van der Waals surface area contributed by atoms with Crippen molar-refractivity contribution in [1.29, 1.82) is 0 Å². The molecule has 0 unspecified atom stereocenters. The van der Waals surface area contributed by atoms with Gasteiger partial charge in [0.15, 0.2) is 0 Å². The summed E-state index contributed by atoms with van der Waals surface area (Å²) in [6.07, 6.45) is 0. The number of carbonyl (C=O) groups is 3. The van der Waals surface area contributed by atoms with Crippen LogP contribution < -0.4 is 4.90 Å². The van der Waals surface area contributed by atoms with E-state index in [4.69, 9.17) is 11.6 Å². The highest BCUT2D eigenvalue weighted by atomic mass is 35.5. The van der Waals surface area contributed by atoms with Crippen LogP contribution in [-0.2, 0) is 22.7 Å². The number of hydrogen-bond donors (Lipinski definition) is 0. The Morgan fingerprint density at radius 1 is 0.719 bits per heavy atom. The SMILES string of the molecule is O=C1S/C(=C2\C(=O)N(Cc3ccccc3Cl)c3ccccc32)C(=O)N1Cc1ccccc1. The summed E-state index contributed by atoms with van der Waals surface area (Å²) >= 11 is 7.14. The summed E-state index contributed by atoms with van der Waals surface area (Å²) in [4.78, 5) is 42.4. The molecule has 5 nitrogen and oxygen atoms in total.